The van der Waals surface area contributed by atoms with E-state index in [2.05, 4.69) is 21.0 Å². The summed E-state index contributed by atoms with van der Waals surface area (Å²) in [5, 5.41) is 10.5. The second kappa shape index (κ2) is 9.59. The molecule has 168 valence electrons. The molecule has 1 aromatic carbocycles. The smallest absolute Gasteiger partial charge is 0.319 e. The molecule has 1 saturated heterocycles. The quantitative estimate of drug-likeness (QED) is 0.570. The molecule has 32 heavy (non-hydrogen) atoms. The van der Waals surface area contributed by atoms with Gasteiger partial charge in [-0.3, -0.25) is 4.90 Å². The minimum Gasteiger partial charge on any atom is -0.493 e. The number of H-pyrrole nitrogens is 1. The fourth-order valence-electron chi connectivity index (χ4n) is 3.86. The van der Waals surface area contributed by atoms with Gasteiger partial charge >= 0.3 is 6.01 Å². The van der Waals surface area contributed by atoms with Crippen LogP contribution in [0.1, 0.15) is 18.4 Å². The van der Waals surface area contributed by atoms with Gasteiger partial charge in [-0.15, -0.1) is 0 Å². The van der Waals surface area contributed by atoms with Crippen LogP contribution in [-0.2, 0) is 0 Å². The molecule has 0 bridgehead atoms. The van der Waals surface area contributed by atoms with Crippen LogP contribution in [-0.4, -0.2) is 66.5 Å². The second-order valence-corrected chi connectivity index (χ2v) is 7.88. The Balaban J connectivity index is 1.68. The lowest BCUT2D eigenvalue weighted by Gasteiger charge is -2.28. The molecular weight excluding hydrogens is 437 g/mol. The Morgan fingerprint density at radius 3 is 2.78 bits per heavy atom. The number of hydrogen-bond acceptors (Lipinski definition) is 7. The van der Waals surface area contributed by atoms with E-state index < -0.39 is 6.17 Å². The summed E-state index contributed by atoms with van der Waals surface area (Å²) in [4.78, 5) is 14.0. The van der Waals surface area contributed by atoms with Crippen LogP contribution in [0.25, 0.3) is 22.3 Å². The van der Waals surface area contributed by atoms with Crippen LogP contribution in [0.3, 0.4) is 0 Å². The van der Waals surface area contributed by atoms with Crippen LogP contribution in [0.15, 0.2) is 18.3 Å². The summed E-state index contributed by atoms with van der Waals surface area (Å²) in [6, 6.07) is 5.62. The van der Waals surface area contributed by atoms with Crippen molar-refractivity contribution >= 4 is 22.6 Å². The first kappa shape index (κ1) is 22.1. The number of benzene rings is 1. The summed E-state index contributed by atoms with van der Waals surface area (Å²) in [6.07, 6.45) is 2.22. The number of nitrogens with zero attached hydrogens (tertiary/aromatic N) is 4. The number of halogens is 2. The van der Waals surface area contributed by atoms with E-state index in [9.17, 15) is 9.65 Å². The van der Waals surface area contributed by atoms with E-state index in [1.165, 1.54) is 14.2 Å². The summed E-state index contributed by atoms with van der Waals surface area (Å²) in [7, 11) is 3.05. The molecule has 0 amide bonds. The number of aromatic amines is 1. The van der Waals surface area contributed by atoms with Gasteiger partial charge in [0.05, 0.1) is 35.9 Å². The van der Waals surface area contributed by atoms with Gasteiger partial charge in [0, 0.05) is 30.9 Å². The van der Waals surface area contributed by atoms with Crippen LogP contribution >= 0.6 is 11.6 Å². The fraction of sp³-hybridized carbons (Fsp3) is 0.409. The molecule has 4 rings (SSSR count). The zero-order valence-corrected chi connectivity index (χ0v) is 18.6. The van der Waals surface area contributed by atoms with Gasteiger partial charge in [0.2, 0.25) is 0 Å². The van der Waals surface area contributed by atoms with E-state index >= 15 is 0 Å². The lowest BCUT2D eigenvalue weighted by molar-refractivity contribution is 0.119. The number of aromatic nitrogens is 3. The minimum atomic E-state index is -0.793. The average molecular weight is 460 g/mol. The number of likely N-dealkylation sites (tertiary alicyclic amines) is 1. The molecule has 0 unspecified atom stereocenters. The van der Waals surface area contributed by atoms with E-state index in [0.717, 1.165) is 13.0 Å². The Hall–Kier alpha value is -3.09. The van der Waals surface area contributed by atoms with Gasteiger partial charge in [0.25, 0.3) is 0 Å². The minimum absolute atomic E-state index is 0.137. The highest BCUT2D eigenvalue weighted by Gasteiger charge is 2.21. The number of alkyl halides is 1. The molecule has 0 saturated carbocycles. The molecule has 2 aromatic heterocycles. The summed E-state index contributed by atoms with van der Waals surface area (Å²) < 4.78 is 30.1. The topological polar surface area (TPSA) is 96.3 Å². The van der Waals surface area contributed by atoms with E-state index in [-0.39, 0.29) is 6.01 Å². The molecule has 8 nitrogen and oxygen atoms in total. The van der Waals surface area contributed by atoms with Gasteiger partial charge < -0.3 is 19.2 Å². The van der Waals surface area contributed by atoms with Gasteiger partial charge in [0.15, 0.2) is 11.5 Å². The van der Waals surface area contributed by atoms with Gasteiger partial charge in [0.1, 0.15) is 24.5 Å². The molecule has 0 aliphatic carbocycles. The van der Waals surface area contributed by atoms with Crippen LogP contribution in [0.4, 0.5) is 4.39 Å². The SMILES string of the molecule is COc1cc(Cl)c(-c2nc(OCCN3CCC[C@H](F)C3)nc3[nH]cc(C#N)c23)cc1OC. The number of nitrogens with one attached hydrogen (secondary N) is 1. The predicted octanol–water partition coefficient (Wildman–Crippen LogP) is 3.98. The maximum absolute atomic E-state index is 13.6. The highest BCUT2D eigenvalue weighted by atomic mass is 35.5. The van der Waals surface area contributed by atoms with E-state index in [1.54, 1.807) is 18.3 Å². The molecule has 0 radical (unpaired) electrons. The number of methoxy groups -OCH3 is 2. The molecule has 3 heterocycles. The molecule has 1 aliphatic heterocycles. The van der Waals surface area contributed by atoms with Gasteiger partial charge in [-0.05, 0) is 25.5 Å². The van der Waals surface area contributed by atoms with Crippen LogP contribution < -0.4 is 14.2 Å². The number of rotatable bonds is 7. The van der Waals surface area contributed by atoms with Crippen molar-refractivity contribution < 1.29 is 18.6 Å². The first-order valence-corrected chi connectivity index (χ1v) is 10.6. The summed E-state index contributed by atoms with van der Waals surface area (Å²) in [5.74, 6) is 0.950. The zero-order valence-electron chi connectivity index (χ0n) is 17.8. The van der Waals surface area contributed by atoms with E-state index in [4.69, 9.17) is 25.8 Å². The average Bonchev–Trinajstić information content (AvgIpc) is 3.21. The standard InChI is InChI=1S/C22H23ClFN5O3/c1-30-17-8-15(16(23)9-18(17)31-2)20-19-13(10-25)11-26-21(19)28-22(27-20)32-7-6-29-5-3-4-14(24)12-29/h8-9,11,14H,3-7,12H2,1-2H3,(H,26,27,28)/t14-/m0/s1. The number of hydrogen-bond donors (Lipinski definition) is 1. The third kappa shape index (κ3) is 4.42. The van der Waals surface area contributed by atoms with E-state index in [1.807, 2.05) is 4.90 Å². The predicted molar refractivity (Wildman–Crippen MR) is 118 cm³/mol. The highest BCUT2D eigenvalue weighted by Crippen LogP contribution is 2.40. The number of fused-ring (bicyclic) bond motifs is 1. The zero-order chi connectivity index (χ0) is 22.7. The fourth-order valence-corrected chi connectivity index (χ4v) is 4.11. The summed E-state index contributed by atoms with van der Waals surface area (Å²) in [6.45, 7) is 2.14. The molecule has 1 atom stereocenters. The maximum Gasteiger partial charge on any atom is 0.319 e. The van der Waals surface area contributed by atoms with Crippen molar-refractivity contribution in [2.24, 2.45) is 0 Å². The molecule has 3 aromatic rings. The molecule has 1 fully saturated rings. The Morgan fingerprint density at radius 2 is 2.06 bits per heavy atom. The molecular formula is C22H23ClFN5O3. The monoisotopic (exact) mass is 459 g/mol. The van der Waals surface area contributed by atoms with Gasteiger partial charge in [-0.2, -0.15) is 15.2 Å². The van der Waals surface area contributed by atoms with Crippen molar-refractivity contribution in [3.63, 3.8) is 0 Å². The number of ether oxygens (including phenoxy) is 3. The van der Waals surface area contributed by atoms with Crippen LogP contribution in [0.2, 0.25) is 5.02 Å². The normalized spacial score (nSPS) is 16.7. The maximum atomic E-state index is 13.6. The van der Waals surface area contributed by atoms with Crippen molar-refractivity contribution in [2.75, 3.05) is 40.5 Å². The van der Waals surface area contributed by atoms with Gasteiger partial charge in [-0.1, -0.05) is 11.6 Å². The lowest BCUT2D eigenvalue weighted by Crippen LogP contribution is -2.38. The molecule has 0 spiro atoms. The van der Waals surface area contributed by atoms with E-state index in [0.29, 0.717) is 70.5 Å². The van der Waals surface area contributed by atoms with Crippen LogP contribution in [0, 0.1) is 11.3 Å². The highest BCUT2D eigenvalue weighted by molar-refractivity contribution is 6.34. The van der Waals surface area contributed by atoms with Crippen molar-refractivity contribution in [1.29, 1.82) is 5.26 Å². The summed E-state index contributed by atoms with van der Waals surface area (Å²) >= 11 is 6.53. The number of nitriles is 1. The summed E-state index contributed by atoms with van der Waals surface area (Å²) in [5.41, 5.74) is 1.83. The van der Waals surface area contributed by atoms with Crippen molar-refractivity contribution in [1.82, 2.24) is 19.9 Å². The Morgan fingerprint density at radius 1 is 1.28 bits per heavy atom. The molecule has 1 N–H and O–H groups in total. The molecule has 10 heteroatoms. The number of piperidine rings is 1. The lowest BCUT2D eigenvalue weighted by atomic mass is 10.1. The first-order valence-electron chi connectivity index (χ1n) is 10.2. The Labute approximate surface area is 189 Å². The van der Waals surface area contributed by atoms with Crippen LogP contribution in [0.5, 0.6) is 17.5 Å². The Kier molecular flexibility index (Phi) is 6.63. The third-order valence-electron chi connectivity index (χ3n) is 5.45. The van der Waals surface area contributed by atoms with Crippen molar-refractivity contribution in [3.05, 3.63) is 28.9 Å². The Bertz CT molecular complexity index is 1160. The van der Waals surface area contributed by atoms with Gasteiger partial charge in [-0.25, -0.2) is 4.39 Å². The second-order valence-electron chi connectivity index (χ2n) is 7.47. The first-order chi connectivity index (χ1) is 15.5. The van der Waals surface area contributed by atoms with Crippen molar-refractivity contribution in [3.8, 4) is 34.8 Å². The van der Waals surface area contributed by atoms with Crippen molar-refractivity contribution in [2.45, 2.75) is 19.0 Å². The third-order valence-corrected chi connectivity index (χ3v) is 5.76. The molecule has 1 aliphatic rings. The largest absolute Gasteiger partial charge is 0.493 e.